The second kappa shape index (κ2) is 9.01. The molecule has 27 heavy (non-hydrogen) atoms. The Bertz CT molecular complexity index is 858. The fourth-order valence-corrected chi connectivity index (χ4v) is 3.62. The lowest BCUT2D eigenvalue weighted by Gasteiger charge is -2.10. The number of benzene rings is 1. The molecular formula is C19H20ClNO5S. The van der Waals surface area contributed by atoms with Gasteiger partial charge in [0.25, 0.3) is 0 Å². The highest BCUT2D eigenvalue weighted by Gasteiger charge is 2.27. The molecule has 0 bridgehead atoms. The number of halogens is 1. The number of thiophene rings is 1. The summed E-state index contributed by atoms with van der Waals surface area (Å²) in [5.74, 6) is -1.50. The van der Waals surface area contributed by atoms with Crippen molar-refractivity contribution in [2.75, 3.05) is 12.4 Å². The fraction of sp³-hybridized carbons (Fsp3) is 0.316. The van der Waals surface area contributed by atoms with Gasteiger partial charge in [-0.3, -0.25) is 4.79 Å². The Morgan fingerprint density at radius 3 is 2.33 bits per heavy atom. The summed E-state index contributed by atoms with van der Waals surface area (Å²) in [5, 5.41) is 3.55. The smallest absolute Gasteiger partial charge is 0.348 e. The maximum Gasteiger partial charge on any atom is 0.348 e. The average molecular weight is 410 g/mol. The van der Waals surface area contributed by atoms with Crippen molar-refractivity contribution in [1.82, 2.24) is 0 Å². The topological polar surface area (TPSA) is 81.7 Å². The Morgan fingerprint density at radius 2 is 1.78 bits per heavy atom. The van der Waals surface area contributed by atoms with Crippen LogP contribution in [0, 0.1) is 6.92 Å². The summed E-state index contributed by atoms with van der Waals surface area (Å²) >= 11 is 6.83. The van der Waals surface area contributed by atoms with Crippen molar-refractivity contribution in [2.45, 2.75) is 33.3 Å². The van der Waals surface area contributed by atoms with Gasteiger partial charge in [0.1, 0.15) is 9.88 Å². The minimum Gasteiger partial charge on any atom is -0.465 e. The molecule has 8 heteroatoms. The summed E-state index contributed by atoms with van der Waals surface area (Å²) < 4.78 is 10.00. The van der Waals surface area contributed by atoms with Gasteiger partial charge in [-0.1, -0.05) is 23.7 Å². The lowest BCUT2D eigenvalue weighted by molar-refractivity contribution is -0.115. The number of methoxy groups -OCH3 is 1. The van der Waals surface area contributed by atoms with Crippen LogP contribution in [-0.2, 0) is 20.7 Å². The number of hydrogen-bond acceptors (Lipinski definition) is 6. The minimum atomic E-state index is -0.601. The Morgan fingerprint density at radius 1 is 1.15 bits per heavy atom. The number of rotatable bonds is 6. The molecular weight excluding hydrogens is 390 g/mol. The largest absolute Gasteiger partial charge is 0.465 e. The van der Waals surface area contributed by atoms with Crippen molar-refractivity contribution in [3.8, 4) is 0 Å². The summed E-state index contributed by atoms with van der Waals surface area (Å²) in [4.78, 5) is 37.1. The number of amides is 1. The van der Waals surface area contributed by atoms with Gasteiger partial charge in [-0.15, -0.1) is 11.3 Å². The van der Waals surface area contributed by atoms with Gasteiger partial charge in [-0.05, 0) is 44.0 Å². The molecule has 0 aliphatic carbocycles. The zero-order valence-corrected chi connectivity index (χ0v) is 17.0. The summed E-state index contributed by atoms with van der Waals surface area (Å²) in [6.45, 7) is 5.06. The van der Waals surface area contributed by atoms with Crippen LogP contribution in [0.1, 0.15) is 45.0 Å². The quantitative estimate of drug-likeness (QED) is 0.721. The van der Waals surface area contributed by atoms with E-state index in [9.17, 15) is 14.4 Å². The highest BCUT2D eigenvalue weighted by molar-refractivity contribution is 7.18. The predicted octanol–water partition coefficient (Wildman–Crippen LogP) is 4.24. The molecule has 2 aromatic rings. The van der Waals surface area contributed by atoms with Gasteiger partial charge in [-0.2, -0.15) is 0 Å². The van der Waals surface area contributed by atoms with Gasteiger partial charge in [0.15, 0.2) is 0 Å². The molecule has 0 fully saturated rings. The van der Waals surface area contributed by atoms with Crippen molar-refractivity contribution in [2.24, 2.45) is 0 Å². The van der Waals surface area contributed by atoms with Crippen LogP contribution in [0.25, 0.3) is 0 Å². The summed E-state index contributed by atoms with van der Waals surface area (Å²) in [6.07, 6.45) is -0.239. The number of nitrogens with one attached hydrogen (secondary N) is 1. The second-order valence-electron chi connectivity index (χ2n) is 6.06. The van der Waals surface area contributed by atoms with E-state index in [4.69, 9.17) is 21.1 Å². The third-order valence-electron chi connectivity index (χ3n) is 3.60. The van der Waals surface area contributed by atoms with Crippen LogP contribution in [0.4, 0.5) is 5.00 Å². The lowest BCUT2D eigenvalue weighted by atomic mass is 10.1. The van der Waals surface area contributed by atoms with Gasteiger partial charge >= 0.3 is 11.9 Å². The van der Waals surface area contributed by atoms with Crippen LogP contribution in [0.3, 0.4) is 0 Å². The average Bonchev–Trinajstić information content (AvgIpc) is 2.91. The van der Waals surface area contributed by atoms with Crippen molar-refractivity contribution >= 4 is 45.8 Å². The number of ether oxygens (including phenoxy) is 2. The molecule has 0 spiro atoms. The van der Waals surface area contributed by atoms with Gasteiger partial charge in [0.2, 0.25) is 5.91 Å². The van der Waals surface area contributed by atoms with E-state index in [-0.39, 0.29) is 33.9 Å². The molecule has 0 aliphatic rings. The van der Waals surface area contributed by atoms with Crippen LogP contribution in [0.2, 0.25) is 5.02 Å². The van der Waals surface area contributed by atoms with E-state index < -0.39 is 11.9 Å². The molecule has 1 amide bonds. The molecule has 1 aromatic carbocycles. The predicted molar refractivity (Wildman–Crippen MR) is 105 cm³/mol. The molecule has 0 radical (unpaired) electrons. The Kier molecular flexibility index (Phi) is 6.98. The lowest BCUT2D eigenvalue weighted by Crippen LogP contribution is -2.18. The van der Waals surface area contributed by atoms with E-state index >= 15 is 0 Å². The first-order chi connectivity index (χ1) is 12.7. The molecule has 1 N–H and O–H groups in total. The molecule has 0 saturated heterocycles. The monoisotopic (exact) mass is 409 g/mol. The van der Waals surface area contributed by atoms with E-state index in [1.165, 1.54) is 7.11 Å². The summed E-state index contributed by atoms with van der Waals surface area (Å²) in [7, 11) is 1.26. The molecule has 0 saturated carbocycles. The Labute approximate surface area is 166 Å². The molecule has 0 unspecified atom stereocenters. The second-order valence-corrected chi connectivity index (χ2v) is 7.51. The van der Waals surface area contributed by atoms with Crippen LogP contribution in [-0.4, -0.2) is 31.1 Å². The van der Waals surface area contributed by atoms with Crippen LogP contribution in [0.15, 0.2) is 24.3 Å². The Balaban J connectivity index is 2.30. The first kappa shape index (κ1) is 20.9. The first-order valence-corrected chi connectivity index (χ1v) is 9.39. The van der Waals surface area contributed by atoms with E-state index in [1.807, 2.05) is 0 Å². The summed E-state index contributed by atoms with van der Waals surface area (Å²) in [5.41, 5.74) is 1.35. The standard InChI is InChI=1S/C19H20ClNO5S/c1-10(2)26-18(23)15-11(3)16(19(24)25-4)27-17(15)21-14(22)9-12-5-7-13(20)8-6-12/h5-8,10H,9H2,1-4H3,(H,21,22). The number of hydrogen-bond donors (Lipinski definition) is 1. The maximum absolute atomic E-state index is 12.5. The van der Waals surface area contributed by atoms with Gasteiger partial charge in [-0.25, -0.2) is 9.59 Å². The number of carbonyl (C=O) groups is 3. The normalized spacial score (nSPS) is 10.6. The first-order valence-electron chi connectivity index (χ1n) is 8.19. The van der Waals surface area contributed by atoms with E-state index in [0.29, 0.717) is 10.6 Å². The fourth-order valence-electron chi connectivity index (χ4n) is 2.37. The summed E-state index contributed by atoms with van der Waals surface area (Å²) in [6, 6.07) is 6.88. The zero-order chi connectivity index (χ0) is 20.1. The third kappa shape index (κ3) is 5.30. The molecule has 1 aromatic heterocycles. The molecule has 1 heterocycles. The van der Waals surface area contributed by atoms with E-state index in [0.717, 1.165) is 16.9 Å². The van der Waals surface area contributed by atoms with Gasteiger partial charge < -0.3 is 14.8 Å². The van der Waals surface area contributed by atoms with E-state index in [2.05, 4.69) is 5.32 Å². The third-order valence-corrected chi connectivity index (χ3v) is 5.03. The van der Waals surface area contributed by atoms with Crippen LogP contribution in [0.5, 0.6) is 0 Å². The zero-order valence-electron chi connectivity index (χ0n) is 15.4. The van der Waals surface area contributed by atoms with Crippen molar-refractivity contribution in [3.63, 3.8) is 0 Å². The maximum atomic E-state index is 12.5. The minimum absolute atomic E-state index is 0.0976. The number of carbonyl (C=O) groups excluding carboxylic acids is 3. The molecule has 0 aliphatic heterocycles. The van der Waals surface area contributed by atoms with Crippen molar-refractivity contribution in [3.05, 3.63) is 50.9 Å². The molecule has 144 valence electrons. The van der Waals surface area contributed by atoms with Crippen molar-refractivity contribution < 1.29 is 23.9 Å². The van der Waals surface area contributed by atoms with Crippen molar-refractivity contribution in [1.29, 1.82) is 0 Å². The van der Waals surface area contributed by atoms with Crippen LogP contribution >= 0.6 is 22.9 Å². The highest BCUT2D eigenvalue weighted by atomic mass is 35.5. The molecule has 0 atom stereocenters. The van der Waals surface area contributed by atoms with Crippen LogP contribution < -0.4 is 5.32 Å². The highest BCUT2D eigenvalue weighted by Crippen LogP contribution is 2.34. The Hall–Kier alpha value is -2.38. The number of esters is 2. The van der Waals surface area contributed by atoms with Gasteiger partial charge in [0, 0.05) is 5.02 Å². The molecule has 2 rings (SSSR count). The SMILES string of the molecule is COC(=O)c1sc(NC(=O)Cc2ccc(Cl)cc2)c(C(=O)OC(C)C)c1C. The van der Waals surface area contributed by atoms with Gasteiger partial charge in [0.05, 0.1) is 25.2 Å². The van der Waals surface area contributed by atoms with E-state index in [1.54, 1.807) is 45.0 Å². The number of anilines is 1. The molecule has 6 nitrogen and oxygen atoms in total.